The molecule has 2 aromatic carbocycles. The minimum atomic E-state index is 0.488. The molecule has 4 aromatic rings. The molecule has 0 aliphatic heterocycles. The van der Waals surface area contributed by atoms with Crippen LogP contribution in [0.2, 0.25) is 0 Å². The van der Waals surface area contributed by atoms with Crippen molar-refractivity contribution in [3.63, 3.8) is 0 Å². The Morgan fingerprint density at radius 1 is 1.07 bits per heavy atom. The second-order valence-electron chi connectivity index (χ2n) is 6.63. The van der Waals surface area contributed by atoms with Gasteiger partial charge in [-0.2, -0.15) is 10.4 Å². The number of hydrogen-bond acceptors (Lipinski definition) is 6. The van der Waals surface area contributed by atoms with Gasteiger partial charge in [0.2, 0.25) is 5.16 Å². The van der Waals surface area contributed by atoms with Crippen molar-refractivity contribution in [3.8, 4) is 23.1 Å². The molecule has 0 aliphatic carbocycles. The molecule has 0 bridgehead atoms. The van der Waals surface area contributed by atoms with E-state index >= 15 is 0 Å². The van der Waals surface area contributed by atoms with Crippen LogP contribution in [0.15, 0.2) is 59.8 Å². The lowest BCUT2D eigenvalue weighted by atomic mass is 10.00. The summed E-state index contributed by atoms with van der Waals surface area (Å²) in [5.41, 5.74) is 5.60. The summed E-state index contributed by atoms with van der Waals surface area (Å²) in [6, 6.07) is 20.0. The molecule has 0 spiro atoms. The Kier molecular flexibility index (Phi) is 5.06. The standard InChI is InChI=1S/C21H19N7S/c1-14-11-15(2)28(26-14)20-24-25-21(27(20)23)29-13-16-7-9-17(10-8-16)19-6-4-3-5-18(19)12-22/h3-11H,13,23H2,1-2H3. The minimum Gasteiger partial charge on any atom is -0.334 e. The van der Waals surface area contributed by atoms with E-state index in [1.54, 1.807) is 4.68 Å². The van der Waals surface area contributed by atoms with Gasteiger partial charge in [0.1, 0.15) is 0 Å². The highest BCUT2D eigenvalue weighted by Gasteiger charge is 2.15. The number of benzene rings is 2. The Labute approximate surface area is 172 Å². The molecule has 4 rings (SSSR count). The molecule has 8 heteroatoms. The predicted molar refractivity (Wildman–Crippen MR) is 113 cm³/mol. The summed E-state index contributed by atoms with van der Waals surface area (Å²) < 4.78 is 3.15. The van der Waals surface area contributed by atoms with Crippen molar-refractivity contribution >= 4 is 11.8 Å². The molecule has 2 N–H and O–H groups in total. The highest BCUT2D eigenvalue weighted by atomic mass is 32.2. The number of nitrogen functional groups attached to an aromatic ring is 1. The zero-order chi connectivity index (χ0) is 20.4. The van der Waals surface area contributed by atoms with Gasteiger partial charge in [0.25, 0.3) is 5.95 Å². The van der Waals surface area contributed by atoms with E-state index in [1.165, 1.54) is 16.4 Å². The molecule has 0 fully saturated rings. The summed E-state index contributed by atoms with van der Waals surface area (Å²) in [6.07, 6.45) is 0. The number of thioether (sulfide) groups is 1. The quantitative estimate of drug-likeness (QED) is 0.405. The van der Waals surface area contributed by atoms with Gasteiger partial charge < -0.3 is 5.84 Å². The summed E-state index contributed by atoms with van der Waals surface area (Å²) >= 11 is 1.51. The zero-order valence-electron chi connectivity index (χ0n) is 16.1. The second-order valence-corrected chi connectivity index (χ2v) is 7.58. The Morgan fingerprint density at radius 3 is 2.52 bits per heavy atom. The predicted octanol–water partition coefficient (Wildman–Crippen LogP) is 3.63. The van der Waals surface area contributed by atoms with Crippen LogP contribution in [0.25, 0.3) is 17.1 Å². The van der Waals surface area contributed by atoms with E-state index in [2.05, 4.69) is 33.5 Å². The van der Waals surface area contributed by atoms with Crippen LogP contribution in [0, 0.1) is 25.2 Å². The SMILES string of the molecule is Cc1cc(C)n(-c2nnc(SCc3ccc(-c4ccccc4C#N)cc3)n2N)n1. The maximum atomic E-state index is 9.29. The molecule has 144 valence electrons. The van der Waals surface area contributed by atoms with Crippen LogP contribution in [0.3, 0.4) is 0 Å². The molecule has 0 saturated heterocycles. The van der Waals surface area contributed by atoms with Crippen LogP contribution in [-0.4, -0.2) is 24.7 Å². The highest BCUT2D eigenvalue weighted by Crippen LogP contribution is 2.26. The molecule has 0 amide bonds. The second kappa shape index (κ2) is 7.81. The molecule has 0 aliphatic rings. The number of aromatic nitrogens is 5. The van der Waals surface area contributed by atoms with Crippen LogP contribution in [0.4, 0.5) is 0 Å². The van der Waals surface area contributed by atoms with Crippen molar-refractivity contribution in [3.05, 3.63) is 77.1 Å². The number of nitrogens with two attached hydrogens (primary N) is 1. The van der Waals surface area contributed by atoms with Crippen LogP contribution in [0.1, 0.15) is 22.5 Å². The van der Waals surface area contributed by atoms with E-state index in [0.29, 0.717) is 22.4 Å². The molecule has 0 unspecified atom stereocenters. The zero-order valence-corrected chi connectivity index (χ0v) is 16.9. The van der Waals surface area contributed by atoms with Gasteiger partial charge in [-0.1, -0.05) is 54.2 Å². The van der Waals surface area contributed by atoms with E-state index in [4.69, 9.17) is 5.84 Å². The summed E-state index contributed by atoms with van der Waals surface area (Å²) in [4.78, 5) is 0. The van der Waals surface area contributed by atoms with Gasteiger partial charge in [-0.15, -0.1) is 10.2 Å². The first-order valence-electron chi connectivity index (χ1n) is 9.02. The van der Waals surface area contributed by atoms with Gasteiger partial charge in [-0.25, -0.2) is 9.36 Å². The summed E-state index contributed by atoms with van der Waals surface area (Å²) in [5, 5.41) is 22.7. The lowest BCUT2D eigenvalue weighted by Gasteiger charge is -2.07. The van der Waals surface area contributed by atoms with E-state index in [1.807, 2.05) is 56.3 Å². The van der Waals surface area contributed by atoms with Gasteiger partial charge in [-0.05, 0) is 42.7 Å². The first kappa shape index (κ1) is 18.8. The highest BCUT2D eigenvalue weighted by molar-refractivity contribution is 7.98. The molecule has 0 atom stereocenters. The molecule has 0 saturated carbocycles. The fraction of sp³-hybridized carbons (Fsp3) is 0.143. The molecule has 7 nitrogen and oxygen atoms in total. The van der Waals surface area contributed by atoms with Crippen LogP contribution >= 0.6 is 11.8 Å². The smallest absolute Gasteiger partial charge is 0.271 e. The Morgan fingerprint density at radius 2 is 1.83 bits per heavy atom. The van der Waals surface area contributed by atoms with Crippen molar-refractivity contribution < 1.29 is 0 Å². The fourth-order valence-corrected chi connectivity index (χ4v) is 3.91. The van der Waals surface area contributed by atoms with Crippen molar-refractivity contribution in [2.45, 2.75) is 24.8 Å². The fourth-order valence-electron chi connectivity index (χ4n) is 3.10. The molecule has 2 aromatic heterocycles. The molecular weight excluding hydrogens is 382 g/mol. The first-order valence-corrected chi connectivity index (χ1v) is 10.0. The van der Waals surface area contributed by atoms with E-state index in [0.717, 1.165) is 28.1 Å². The maximum Gasteiger partial charge on any atom is 0.271 e. The summed E-state index contributed by atoms with van der Waals surface area (Å²) in [7, 11) is 0. The Bertz CT molecular complexity index is 1200. The normalized spacial score (nSPS) is 10.8. The Hall–Kier alpha value is -3.57. The monoisotopic (exact) mass is 401 g/mol. The first-order chi connectivity index (χ1) is 14.1. The third kappa shape index (κ3) is 3.73. The number of aryl methyl sites for hydroxylation is 2. The van der Waals surface area contributed by atoms with Gasteiger partial charge in [0.15, 0.2) is 0 Å². The summed E-state index contributed by atoms with van der Waals surface area (Å²) in [5.74, 6) is 7.38. The van der Waals surface area contributed by atoms with Crippen molar-refractivity contribution in [1.82, 2.24) is 24.7 Å². The van der Waals surface area contributed by atoms with Gasteiger partial charge >= 0.3 is 0 Å². The van der Waals surface area contributed by atoms with E-state index in [9.17, 15) is 5.26 Å². The number of hydrogen-bond donors (Lipinski definition) is 1. The maximum absolute atomic E-state index is 9.29. The van der Waals surface area contributed by atoms with Crippen molar-refractivity contribution in [1.29, 1.82) is 5.26 Å². The molecular formula is C21H19N7S. The van der Waals surface area contributed by atoms with E-state index in [-0.39, 0.29) is 0 Å². The van der Waals surface area contributed by atoms with E-state index < -0.39 is 0 Å². The minimum absolute atomic E-state index is 0.488. The Balaban J connectivity index is 1.49. The molecule has 2 heterocycles. The van der Waals surface area contributed by atoms with Crippen LogP contribution < -0.4 is 5.84 Å². The third-order valence-corrected chi connectivity index (χ3v) is 5.54. The van der Waals surface area contributed by atoms with Crippen LogP contribution in [0.5, 0.6) is 0 Å². The van der Waals surface area contributed by atoms with Gasteiger partial charge in [-0.3, -0.25) is 0 Å². The number of nitriles is 1. The van der Waals surface area contributed by atoms with Crippen molar-refractivity contribution in [2.75, 3.05) is 5.84 Å². The lowest BCUT2D eigenvalue weighted by Crippen LogP contribution is -2.17. The lowest BCUT2D eigenvalue weighted by molar-refractivity contribution is 0.727. The van der Waals surface area contributed by atoms with Crippen molar-refractivity contribution in [2.24, 2.45) is 0 Å². The average molecular weight is 401 g/mol. The van der Waals surface area contributed by atoms with Crippen LogP contribution in [-0.2, 0) is 5.75 Å². The summed E-state index contributed by atoms with van der Waals surface area (Å²) in [6.45, 7) is 3.88. The largest absolute Gasteiger partial charge is 0.334 e. The van der Waals surface area contributed by atoms with Gasteiger partial charge in [0, 0.05) is 11.4 Å². The average Bonchev–Trinajstić information content (AvgIpc) is 3.27. The number of rotatable bonds is 5. The molecule has 0 radical (unpaired) electrons. The third-order valence-electron chi connectivity index (χ3n) is 4.53. The van der Waals surface area contributed by atoms with Gasteiger partial charge in [0.05, 0.1) is 17.3 Å². The number of nitrogens with zero attached hydrogens (tertiary/aromatic N) is 6. The molecule has 29 heavy (non-hydrogen) atoms. The topological polar surface area (TPSA) is 98.3 Å².